The summed E-state index contributed by atoms with van der Waals surface area (Å²) < 4.78 is 47.7. The molecule has 2 rings (SSSR count). The van der Waals surface area contributed by atoms with Crippen molar-refractivity contribution in [3.05, 3.63) is 18.3 Å². The summed E-state index contributed by atoms with van der Waals surface area (Å²) >= 11 is 10.0. The smallest absolute Gasteiger partial charge is 0.311 e. The number of thioether (sulfide) groups is 6. The Labute approximate surface area is 211 Å². The maximum atomic E-state index is 12.6. The molecule has 14 heteroatoms. The summed E-state index contributed by atoms with van der Waals surface area (Å²) in [6.07, 6.45) is 3.43. The van der Waals surface area contributed by atoms with Gasteiger partial charge < -0.3 is 18.1 Å². The van der Waals surface area contributed by atoms with Crippen LogP contribution in [0.3, 0.4) is 0 Å². The lowest BCUT2D eigenvalue weighted by Gasteiger charge is -2.19. The molecular formula is C17H30O6P2S6. The molecule has 0 radical (unpaired) electrons. The average Bonchev–Trinajstić information content (AvgIpc) is 3.34. The van der Waals surface area contributed by atoms with Crippen LogP contribution < -0.4 is 0 Å². The van der Waals surface area contributed by atoms with Crippen LogP contribution in [-0.4, -0.2) is 48.6 Å². The molecule has 31 heavy (non-hydrogen) atoms. The minimum absolute atomic E-state index is 0.213. The summed E-state index contributed by atoms with van der Waals surface area (Å²) in [5.41, 5.74) is 0. The van der Waals surface area contributed by atoms with Gasteiger partial charge in [0.2, 0.25) is 0 Å². The molecule has 2 heterocycles. The van der Waals surface area contributed by atoms with E-state index in [4.69, 9.17) is 18.1 Å². The van der Waals surface area contributed by atoms with Gasteiger partial charge >= 0.3 is 15.2 Å². The third-order valence-corrected chi connectivity index (χ3v) is 19.8. The van der Waals surface area contributed by atoms with Crippen molar-refractivity contribution < 1.29 is 27.2 Å². The molecule has 0 aromatic rings. The summed E-state index contributed by atoms with van der Waals surface area (Å²) in [5.74, 6) is 2.09. The van der Waals surface area contributed by atoms with E-state index in [-0.39, 0.29) is 8.65 Å². The predicted octanol–water partition coefficient (Wildman–Crippen LogP) is 8.50. The van der Waals surface area contributed by atoms with Gasteiger partial charge in [0.15, 0.2) is 8.65 Å². The lowest BCUT2D eigenvalue weighted by molar-refractivity contribution is 0.278. The van der Waals surface area contributed by atoms with Gasteiger partial charge in [0.05, 0.1) is 8.47 Å². The SMILES string of the molecule is COP(=O)(OC)C1SC(C)=C(SCCCCCSC2=C(C)SC(P(=O)(OC)OC)S2)S1. The fourth-order valence-corrected chi connectivity index (χ4v) is 17.7. The van der Waals surface area contributed by atoms with Crippen molar-refractivity contribution in [3.63, 3.8) is 0 Å². The molecule has 2 atom stereocenters. The van der Waals surface area contributed by atoms with E-state index in [1.165, 1.54) is 46.7 Å². The molecule has 0 aromatic heterocycles. The lowest BCUT2D eigenvalue weighted by Crippen LogP contribution is -1.99. The highest BCUT2D eigenvalue weighted by Crippen LogP contribution is 2.69. The van der Waals surface area contributed by atoms with E-state index in [0.717, 1.165) is 30.8 Å². The zero-order valence-corrected chi connectivity index (χ0v) is 25.2. The monoisotopic (exact) mass is 584 g/mol. The summed E-state index contributed by atoms with van der Waals surface area (Å²) in [7, 11) is -0.361. The second-order valence-electron chi connectivity index (χ2n) is 6.34. The fraction of sp³-hybridized carbons (Fsp3) is 0.765. The molecule has 0 N–H and O–H groups in total. The van der Waals surface area contributed by atoms with Crippen LogP contribution in [0, 0.1) is 0 Å². The lowest BCUT2D eigenvalue weighted by atomic mass is 10.3. The van der Waals surface area contributed by atoms with E-state index >= 15 is 0 Å². The summed E-state index contributed by atoms with van der Waals surface area (Å²) in [6, 6.07) is 0. The van der Waals surface area contributed by atoms with Gasteiger partial charge in [-0.2, -0.15) is 0 Å². The Hall–Kier alpha value is 1.88. The van der Waals surface area contributed by atoms with E-state index in [1.54, 1.807) is 47.0 Å². The third-order valence-electron chi connectivity index (χ3n) is 4.34. The van der Waals surface area contributed by atoms with E-state index in [0.29, 0.717) is 0 Å². The highest BCUT2D eigenvalue weighted by Gasteiger charge is 2.41. The van der Waals surface area contributed by atoms with Crippen LogP contribution in [0.5, 0.6) is 0 Å². The zero-order chi connectivity index (χ0) is 23.1. The zero-order valence-electron chi connectivity index (χ0n) is 18.5. The molecule has 2 aliphatic rings. The minimum atomic E-state index is -3.07. The second kappa shape index (κ2) is 13.8. The van der Waals surface area contributed by atoms with Crippen LogP contribution in [0.25, 0.3) is 0 Å². The molecule has 0 amide bonds. The first kappa shape index (κ1) is 29.1. The van der Waals surface area contributed by atoms with Crippen molar-refractivity contribution >= 4 is 85.8 Å². The highest BCUT2D eigenvalue weighted by atomic mass is 32.2. The van der Waals surface area contributed by atoms with Crippen molar-refractivity contribution in [2.75, 3.05) is 39.9 Å². The van der Waals surface area contributed by atoms with Crippen molar-refractivity contribution in [2.45, 2.75) is 41.8 Å². The molecule has 0 saturated carbocycles. The Morgan fingerprint density at radius 1 is 0.677 bits per heavy atom. The minimum Gasteiger partial charge on any atom is -0.311 e. The maximum Gasteiger partial charge on any atom is 0.353 e. The van der Waals surface area contributed by atoms with Gasteiger partial charge in [-0.15, -0.1) is 47.0 Å². The van der Waals surface area contributed by atoms with Crippen LogP contribution in [0.15, 0.2) is 18.3 Å². The number of hydrogen-bond donors (Lipinski definition) is 0. The summed E-state index contributed by atoms with van der Waals surface area (Å²) in [6.45, 7) is 4.14. The van der Waals surface area contributed by atoms with Crippen LogP contribution >= 0.6 is 85.8 Å². The molecular weight excluding hydrogens is 555 g/mol. The van der Waals surface area contributed by atoms with Gasteiger partial charge in [-0.3, -0.25) is 9.13 Å². The van der Waals surface area contributed by atoms with Crippen molar-refractivity contribution in [1.82, 2.24) is 0 Å². The first-order chi connectivity index (χ1) is 14.7. The number of hydrogen-bond acceptors (Lipinski definition) is 12. The van der Waals surface area contributed by atoms with E-state index < -0.39 is 15.2 Å². The maximum absolute atomic E-state index is 12.6. The molecule has 2 aliphatic heterocycles. The van der Waals surface area contributed by atoms with Crippen molar-refractivity contribution in [2.24, 2.45) is 0 Å². The van der Waals surface area contributed by atoms with Gasteiger partial charge in [-0.05, 0) is 38.2 Å². The van der Waals surface area contributed by atoms with Gasteiger partial charge in [-0.25, -0.2) is 0 Å². The number of rotatable bonds is 14. The highest BCUT2D eigenvalue weighted by molar-refractivity contribution is 8.36. The molecule has 180 valence electrons. The molecule has 0 aliphatic carbocycles. The molecule has 6 nitrogen and oxygen atoms in total. The first-order valence-electron chi connectivity index (χ1n) is 9.49. The normalized spacial score (nSPS) is 22.8. The Morgan fingerprint density at radius 2 is 1.03 bits per heavy atom. The Morgan fingerprint density at radius 3 is 1.35 bits per heavy atom. The predicted molar refractivity (Wildman–Crippen MR) is 145 cm³/mol. The van der Waals surface area contributed by atoms with Gasteiger partial charge in [0, 0.05) is 38.2 Å². The number of allylic oxidation sites excluding steroid dienone is 2. The first-order valence-corrected chi connectivity index (χ1v) is 18.2. The van der Waals surface area contributed by atoms with Crippen LogP contribution in [0.2, 0.25) is 0 Å². The van der Waals surface area contributed by atoms with E-state index in [1.807, 2.05) is 23.5 Å². The Bertz CT molecular complexity index is 698. The molecule has 0 saturated heterocycles. The fourth-order valence-electron chi connectivity index (χ4n) is 2.53. The third kappa shape index (κ3) is 7.94. The summed E-state index contributed by atoms with van der Waals surface area (Å²) in [4.78, 5) is 2.39. The van der Waals surface area contributed by atoms with Crippen molar-refractivity contribution in [3.8, 4) is 0 Å². The van der Waals surface area contributed by atoms with Gasteiger partial charge in [0.25, 0.3) is 0 Å². The molecule has 2 unspecified atom stereocenters. The van der Waals surface area contributed by atoms with E-state index in [2.05, 4.69) is 13.8 Å². The molecule has 0 bridgehead atoms. The second-order valence-corrected chi connectivity index (χ2v) is 20.6. The quantitative estimate of drug-likeness (QED) is 0.145. The molecule has 0 fully saturated rings. The van der Waals surface area contributed by atoms with Crippen LogP contribution in [0.1, 0.15) is 33.1 Å². The van der Waals surface area contributed by atoms with Crippen molar-refractivity contribution in [1.29, 1.82) is 0 Å². The average molecular weight is 585 g/mol. The standard InChI is InChI=1S/C17H30O6P2S6/c1-12-14(30-16(28-12)24(18,20-3)21-4)26-10-8-7-9-11-27-15-13(2)29-17(31-15)25(19,22-5)23-6/h16-17H,7-11H2,1-6H3. The Balaban J connectivity index is 1.63. The molecule has 0 spiro atoms. The Kier molecular flexibility index (Phi) is 13.0. The van der Waals surface area contributed by atoms with E-state index in [9.17, 15) is 9.13 Å². The molecule has 0 aromatic carbocycles. The van der Waals surface area contributed by atoms with Gasteiger partial charge in [-0.1, -0.05) is 29.9 Å². The number of unbranched alkanes of at least 4 members (excludes halogenated alkanes) is 2. The van der Waals surface area contributed by atoms with Gasteiger partial charge in [0.1, 0.15) is 0 Å². The largest absolute Gasteiger partial charge is 0.353 e. The van der Waals surface area contributed by atoms with Crippen LogP contribution in [-0.2, 0) is 27.2 Å². The topological polar surface area (TPSA) is 71.1 Å². The summed E-state index contributed by atoms with van der Waals surface area (Å²) in [5, 5.41) is 0. The van der Waals surface area contributed by atoms with Crippen LogP contribution in [0.4, 0.5) is 0 Å².